The minimum absolute atomic E-state index is 0.0177. The highest BCUT2D eigenvalue weighted by Crippen LogP contribution is 2.23. The van der Waals surface area contributed by atoms with Crippen LogP contribution in [0, 0.1) is 5.92 Å². The van der Waals surface area contributed by atoms with Crippen molar-refractivity contribution in [3.63, 3.8) is 0 Å². The maximum atomic E-state index is 11.7. The molecule has 1 aliphatic carbocycles. The summed E-state index contributed by atoms with van der Waals surface area (Å²) < 4.78 is 0. The first-order valence-corrected chi connectivity index (χ1v) is 6.81. The van der Waals surface area contributed by atoms with E-state index in [2.05, 4.69) is 17.6 Å². The van der Waals surface area contributed by atoms with Crippen LogP contribution in [0.1, 0.15) is 45.4 Å². The molecule has 104 valence electrons. The Morgan fingerprint density at radius 1 is 1.28 bits per heavy atom. The summed E-state index contributed by atoms with van der Waals surface area (Å²) >= 11 is 0. The maximum Gasteiger partial charge on any atom is 0.303 e. The molecule has 0 bridgehead atoms. The Kier molecular flexibility index (Phi) is 6.72. The lowest BCUT2D eigenvalue weighted by Gasteiger charge is -2.29. The summed E-state index contributed by atoms with van der Waals surface area (Å²) in [5, 5.41) is 14.5. The summed E-state index contributed by atoms with van der Waals surface area (Å²) in [6.45, 7) is 3.03. The van der Waals surface area contributed by atoms with Gasteiger partial charge in [-0.15, -0.1) is 0 Å². The van der Waals surface area contributed by atoms with Crippen molar-refractivity contribution in [2.24, 2.45) is 5.92 Å². The third kappa shape index (κ3) is 6.00. The molecule has 3 N–H and O–H groups in total. The fraction of sp³-hybridized carbons (Fsp3) is 0.846. The van der Waals surface area contributed by atoms with Crippen LogP contribution in [-0.4, -0.2) is 36.1 Å². The van der Waals surface area contributed by atoms with Crippen molar-refractivity contribution in [2.75, 3.05) is 13.1 Å². The molecule has 1 rings (SSSR count). The number of carbonyl (C=O) groups is 2. The highest BCUT2D eigenvalue weighted by Gasteiger charge is 2.22. The standard InChI is InChI=1S/C13H24N2O3/c1-10-5-2-3-6-11(10)15-12(16)9-14-8-4-7-13(17)18/h10-11,14H,2-9H2,1H3,(H,15,16)(H,17,18). The van der Waals surface area contributed by atoms with Gasteiger partial charge in [0.1, 0.15) is 0 Å². The van der Waals surface area contributed by atoms with Crippen LogP contribution in [0.15, 0.2) is 0 Å². The molecule has 2 unspecified atom stereocenters. The first-order chi connectivity index (χ1) is 8.59. The van der Waals surface area contributed by atoms with Gasteiger partial charge in [-0.3, -0.25) is 9.59 Å². The second-order valence-electron chi connectivity index (χ2n) is 5.11. The number of nitrogens with one attached hydrogen (secondary N) is 2. The van der Waals surface area contributed by atoms with Gasteiger partial charge in [0, 0.05) is 12.5 Å². The summed E-state index contributed by atoms with van der Waals surface area (Å²) in [4.78, 5) is 22.0. The van der Waals surface area contributed by atoms with Gasteiger partial charge in [0.25, 0.3) is 0 Å². The molecule has 0 saturated heterocycles. The van der Waals surface area contributed by atoms with E-state index in [1.807, 2.05) is 0 Å². The van der Waals surface area contributed by atoms with Crippen LogP contribution in [0.5, 0.6) is 0 Å². The van der Waals surface area contributed by atoms with Crippen LogP contribution in [-0.2, 0) is 9.59 Å². The SMILES string of the molecule is CC1CCCCC1NC(=O)CNCCCC(=O)O. The molecule has 0 aliphatic heterocycles. The second kappa shape index (κ2) is 8.08. The number of amides is 1. The highest BCUT2D eigenvalue weighted by molar-refractivity contribution is 5.78. The smallest absolute Gasteiger partial charge is 0.303 e. The van der Waals surface area contributed by atoms with E-state index in [9.17, 15) is 9.59 Å². The monoisotopic (exact) mass is 256 g/mol. The Morgan fingerprint density at radius 2 is 2.00 bits per heavy atom. The second-order valence-corrected chi connectivity index (χ2v) is 5.11. The fourth-order valence-corrected chi connectivity index (χ4v) is 2.36. The average molecular weight is 256 g/mol. The van der Waals surface area contributed by atoms with Gasteiger partial charge in [0.15, 0.2) is 0 Å². The van der Waals surface area contributed by atoms with Gasteiger partial charge in [0.05, 0.1) is 6.54 Å². The van der Waals surface area contributed by atoms with Crippen molar-refractivity contribution in [2.45, 2.75) is 51.5 Å². The molecule has 5 heteroatoms. The lowest BCUT2D eigenvalue weighted by molar-refractivity contribution is -0.137. The van der Waals surface area contributed by atoms with Crippen molar-refractivity contribution in [1.82, 2.24) is 10.6 Å². The van der Waals surface area contributed by atoms with Crippen LogP contribution in [0.25, 0.3) is 0 Å². The van der Waals surface area contributed by atoms with E-state index in [0.717, 1.165) is 6.42 Å². The predicted molar refractivity (Wildman–Crippen MR) is 69.3 cm³/mol. The molecule has 1 saturated carbocycles. The normalized spacial score (nSPS) is 23.6. The molecule has 1 aliphatic rings. The van der Waals surface area contributed by atoms with Crippen molar-refractivity contribution in [3.8, 4) is 0 Å². The van der Waals surface area contributed by atoms with Crippen LogP contribution in [0.4, 0.5) is 0 Å². The van der Waals surface area contributed by atoms with Crippen molar-refractivity contribution < 1.29 is 14.7 Å². The molecule has 0 aromatic heterocycles. The molecular formula is C13H24N2O3. The number of aliphatic carboxylic acids is 1. The van der Waals surface area contributed by atoms with Crippen molar-refractivity contribution >= 4 is 11.9 Å². The van der Waals surface area contributed by atoms with Gasteiger partial charge >= 0.3 is 5.97 Å². The Hall–Kier alpha value is -1.10. The summed E-state index contributed by atoms with van der Waals surface area (Å²) in [6, 6.07) is 0.312. The van der Waals surface area contributed by atoms with Gasteiger partial charge in [-0.05, 0) is 31.7 Å². The van der Waals surface area contributed by atoms with E-state index in [0.29, 0.717) is 24.9 Å². The van der Waals surface area contributed by atoms with Gasteiger partial charge in [-0.25, -0.2) is 0 Å². The van der Waals surface area contributed by atoms with Crippen molar-refractivity contribution in [3.05, 3.63) is 0 Å². The number of carboxylic acids is 1. The number of carbonyl (C=O) groups excluding carboxylic acids is 1. The molecule has 0 spiro atoms. The lowest BCUT2D eigenvalue weighted by atomic mass is 9.86. The van der Waals surface area contributed by atoms with E-state index >= 15 is 0 Å². The van der Waals surface area contributed by atoms with Gasteiger partial charge in [0.2, 0.25) is 5.91 Å². The number of hydrogen-bond acceptors (Lipinski definition) is 3. The third-order valence-electron chi connectivity index (χ3n) is 3.49. The third-order valence-corrected chi connectivity index (χ3v) is 3.49. The molecule has 0 heterocycles. The van der Waals surface area contributed by atoms with E-state index in [1.165, 1.54) is 19.3 Å². The number of carboxylic acid groups (broad SMARTS) is 1. The summed E-state index contributed by atoms with van der Waals surface area (Å²) in [7, 11) is 0. The minimum Gasteiger partial charge on any atom is -0.481 e. The highest BCUT2D eigenvalue weighted by atomic mass is 16.4. The Labute approximate surface area is 108 Å². The minimum atomic E-state index is -0.794. The summed E-state index contributed by atoms with van der Waals surface area (Å²) in [5.41, 5.74) is 0. The molecule has 0 radical (unpaired) electrons. The molecule has 1 fully saturated rings. The number of hydrogen-bond donors (Lipinski definition) is 3. The summed E-state index contributed by atoms with van der Waals surface area (Å²) in [5.74, 6) is -0.212. The fourth-order valence-electron chi connectivity index (χ4n) is 2.36. The van der Waals surface area contributed by atoms with E-state index in [-0.39, 0.29) is 18.9 Å². The Balaban J connectivity index is 2.07. The topological polar surface area (TPSA) is 78.4 Å². The van der Waals surface area contributed by atoms with Crippen molar-refractivity contribution in [1.29, 1.82) is 0 Å². The van der Waals surface area contributed by atoms with Crippen LogP contribution < -0.4 is 10.6 Å². The predicted octanol–water partition coefficient (Wildman–Crippen LogP) is 1.14. The molecule has 18 heavy (non-hydrogen) atoms. The quantitative estimate of drug-likeness (QED) is 0.597. The van der Waals surface area contributed by atoms with Crippen LogP contribution in [0.3, 0.4) is 0 Å². The van der Waals surface area contributed by atoms with Gasteiger partial charge < -0.3 is 15.7 Å². The zero-order chi connectivity index (χ0) is 13.4. The zero-order valence-electron chi connectivity index (χ0n) is 11.1. The van der Waals surface area contributed by atoms with Gasteiger partial charge in [-0.2, -0.15) is 0 Å². The zero-order valence-corrected chi connectivity index (χ0v) is 11.1. The molecular weight excluding hydrogens is 232 g/mol. The molecule has 0 aromatic carbocycles. The van der Waals surface area contributed by atoms with E-state index in [4.69, 9.17) is 5.11 Å². The average Bonchev–Trinajstić information content (AvgIpc) is 2.31. The van der Waals surface area contributed by atoms with E-state index in [1.54, 1.807) is 0 Å². The Morgan fingerprint density at radius 3 is 2.67 bits per heavy atom. The maximum absolute atomic E-state index is 11.7. The molecule has 0 aromatic rings. The molecule has 2 atom stereocenters. The van der Waals surface area contributed by atoms with Gasteiger partial charge in [-0.1, -0.05) is 19.8 Å². The lowest BCUT2D eigenvalue weighted by Crippen LogP contribution is -2.44. The first kappa shape index (κ1) is 15.0. The largest absolute Gasteiger partial charge is 0.481 e. The van der Waals surface area contributed by atoms with Crippen LogP contribution >= 0.6 is 0 Å². The van der Waals surface area contributed by atoms with E-state index < -0.39 is 5.97 Å². The first-order valence-electron chi connectivity index (χ1n) is 6.81. The summed E-state index contributed by atoms with van der Waals surface area (Å²) in [6.07, 6.45) is 5.43. The molecule has 5 nitrogen and oxygen atoms in total. The van der Waals surface area contributed by atoms with Crippen LogP contribution in [0.2, 0.25) is 0 Å². The molecule has 1 amide bonds. The number of rotatable bonds is 7. The Bertz CT molecular complexity index is 281.